The SMILES string of the molecule is C[C@@H](NC(=O)c1nc(-c2ccccc2)n2c1CNCC2)C1CCCCC1. The average Bonchev–Trinajstić information content (AvgIpc) is 3.09. The molecule has 1 aromatic carbocycles. The molecule has 138 valence electrons. The normalized spacial score (nSPS) is 19.0. The van der Waals surface area contributed by atoms with Gasteiger partial charge in [0.15, 0.2) is 5.69 Å². The van der Waals surface area contributed by atoms with Crippen LogP contribution < -0.4 is 10.6 Å². The van der Waals surface area contributed by atoms with Gasteiger partial charge in [-0.05, 0) is 25.7 Å². The zero-order valence-corrected chi connectivity index (χ0v) is 15.5. The molecule has 1 aromatic heterocycles. The van der Waals surface area contributed by atoms with Gasteiger partial charge in [-0.2, -0.15) is 0 Å². The van der Waals surface area contributed by atoms with Gasteiger partial charge in [0.05, 0.1) is 5.69 Å². The largest absolute Gasteiger partial charge is 0.348 e. The first-order valence-electron chi connectivity index (χ1n) is 9.90. The second-order valence-electron chi connectivity index (χ2n) is 7.59. The van der Waals surface area contributed by atoms with Crippen LogP contribution in [0.4, 0.5) is 0 Å². The van der Waals surface area contributed by atoms with Gasteiger partial charge in [0, 0.05) is 31.2 Å². The van der Waals surface area contributed by atoms with E-state index in [9.17, 15) is 4.79 Å². The van der Waals surface area contributed by atoms with E-state index in [2.05, 4.69) is 34.3 Å². The Morgan fingerprint density at radius 3 is 2.77 bits per heavy atom. The third-order valence-electron chi connectivity index (χ3n) is 5.84. The number of carbonyl (C=O) groups is 1. The molecule has 1 aliphatic carbocycles. The quantitative estimate of drug-likeness (QED) is 0.887. The zero-order valence-electron chi connectivity index (χ0n) is 15.5. The Kier molecular flexibility index (Phi) is 5.07. The Bertz CT molecular complexity index is 762. The van der Waals surface area contributed by atoms with Crippen molar-refractivity contribution in [2.45, 2.75) is 58.2 Å². The van der Waals surface area contributed by atoms with Crippen LogP contribution in [0.1, 0.15) is 55.2 Å². The van der Waals surface area contributed by atoms with Gasteiger partial charge < -0.3 is 15.2 Å². The zero-order chi connectivity index (χ0) is 17.9. The summed E-state index contributed by atoms with van der Waals surface area (Å²) in [7, 11) is 0. The number of hydrogen-bond acceptors (Lipinski definition) is 3. The maximum atomic E-state index is 13.0. The van der Waals surface area contributed by atoms with E-state index in [1.165, 1.54) is 32.1 Å². The Hall–Kier alpha value is -2.14. The molecule has 2 aliphatic rings. The third-order valence-corrected chi connectivity index (χ3v) is 5.84. The summed E-state index contributed by atoms with van der Waals surface area (Å²) in [6, 6.07) is 10.4. The summed E-state index contributed by atoms with van der Waals surface area (Å²) < 4.78 is 2.20. The molecule has 0 spiro atoms. The number of amides is 1. The molecular weight excluding hydrogens is 324 g/mol. The lowest BCUT2D eigenvalue weighted by molar-refractivity contribution is 0.0913. The van der Waals surface area contributed by atoms with Crippen molar-refractivity contribution in [3.63, 3.8) is 0 Å². The number of nitrogens with one attached hydrogen (secondary N) is 2. The van der Waals surface area contributed by atoms with Crippen molar-refractivity contribution in [1.82, 2.24) is 20.2 Å². The Morgan fingerprint density at radius 1 is 1.23 bits per heavy atom. The molecule has 2 N–H and O–H groups in total. The first-order chi connectivity index (χ1) is 12.7. The highest BCUT2D eigenvalue weighted by molar-refractivity contribution is 5.94. The summed E-state index contributed by atoms with van der Waals surface area (Å²) in [5, 5.41) is 6.62. The van der Waals surface area contributed by atoms with Crippen molar-refractivity contribution in [3.8, 4) is 11.4 Å². The topological polar surface area (TPSA) is 59.0 Å². The van der Waals surface area contributed by atoms with E-state index in [0.29, 0.717) is 18.2 Å². The number of hydrogen-bond donors (Lipinski definition) is 2. The molecule has 5 nitrogen and oxygen atoms in total. The number of aromatic nitrogens is 2. The Balaban J connectivity index is 1.59. The number of nitrogens with zero attached hydrogens (tertiary/aromatic N) is 2. The number of imidazole rings is 1. The minimum absolute atomic E-state index is 0.0299. The lowest BCUT2D eigenvalue weighted by Gasteiger charge is -2.28. The monoisotopic (exact) mass is 352 g/mol. The van der Waals surface area contributed by atoms with Crippen LogP contribution in [-0.2, 0) is 13.1 Å². The van der Waals surface area contributed by atoms with Gasteiger partial charge >= 0.3 is 0 Å². The van der Waals surface area contributed by atoms with Crippen molar-refractivity contribution in [2.24, 2.45) is 5.92 Å². The van der Waals surface area contributed by atoms with Crippen LogP contribution in [0.5, 0.6) is 0 Å². The Labute approximate surface area is 155 Å². The molecule has 26 heavy (non-hydrogen) atoms. The van der Waals surface area contributed by atoms with Gasteiger partial charge in [-0.25, -0.2) is 4.98 Å². The molecule has 0 radical (unpaired) electrons. The van der Waals surface area contributed by atoms with Crippen LogP contribution in [0.2, 0.25) is 0 Å². The van der Waals surface area contributed by atoms with Crippen LogP contribution in [0.3, 0.4) is 0 Å². The molecular formula is C21H28N4O. The van der Waals surface area contributed by atoms with Crippen LogP contribution in [-0.4, -0.2) is 28.0 Å². The van der Waals surface area contributed by atoms with Gasteiger partial charge in [0.1, 0.15) is 5.82 Å². The molecule has 2 heterocycles. The van der Waals surface area contributed by atoms with Crippen molar-refractivity contribution in [2.75, 3.05) is 6.54 Å². The smallest absolute Gasteiger partial charge is 0.272 e. The fourth-order valence-electron chi connectivity index (χ4n) is 4.32. The summed E-state index contributed by atoms with van der Waals surface area (Å²) in [4.78, 5) is 17.8. The second kappa shape index (κ2) is 7.62. The lowest BCUT2D eigenvalue weighted by atomic mass is 9.84. The summed E-state index contributed by atoms with van der Waals surface area (Å²) in [6.45, 7) is 4.59. The second-order valence-corrected chi connectivity index (χ2v) is 7.59. The van der Waals surface area contributed by atoms with Crippen LogP contribution in [0.25, 0.3) is 11.4 Å². The molecule has 1 amide bonds. The molecule has 0 saturated heterocycles. The van der Waals surface area contributed by atoms with Crippen LogP contribution >= 0.6 is 0 Å². The highest BCUT2D eigenvalue weighted by atomic mass is 16.2. The van der Waals surface area contributed by atoms with E-state index < -0.39 is 0 Å². The first kappa shape index (κ1) is 17.3. The maximum Gasteiger partial charge on any atom is 0.272 e. The van der Waals surface area contributed by atoms with E-state index in [4.69, 9.17) is 4.98 Å². The summed E-state index contributed by atoms with van der Waals surface area (Å²) >= 11 is 0. The molecule has 2 aromatic rings. The standard InChI is InChI=1S/C21H28N4O/c1-15(16-8-4-2-5-9-16)23-21(26)19-18-14-22-12-13-25(18)20(24-19)17-10-6-3-7-11-17/h3,6-7,10-11,15-16,22H,2,4-5,8-9,12-14H2,1H3,(H,23,26)/t15-/m1/s1. The van der Waals surface area contributed by atoms with E-state index in [1.807, 2.05) is 18.2 Å². The van der Waals surface area contributed by atoms with Gasteiger partial charge in [-0.1, -0.05) is 49.6 Å². The predicted octanol–water partition coefficient (Wildman–Crippen LogP) is 3.35. The molecule has 1 saturated carbocycles. The van der Waals surface area contributed by atoms with Crippen LogP contribution in [0.15, 0.2) is 30.3 Å². The minimum atomic E-state index is -0.0299. The van der Waals surface area contributed by atoms with E-state index >= 15 is 0 Å². The molecule has 1 atom stereocenters. The number of fused-ring (bicyclic) bond motifs is 1. The van der Waals surface area contributed by atoms with Crippen molar-refractivity contribution in [1.29, 1.82) is 0 Å². The van der Waals surface area contributed by atoms with Crippen molar-refractivity contribution in [3.05, 3.63) is 41.7 Å². The molecule has 0 bridgehead atoms. The number of rotatable bonds is 4. The van der Waals surface area contributed by atoms with Gasteiger partial charge in [0.25, 0.3) is 5.91 Å². The third kappa shape index (κ3) is 3.40. The van der Waals surface area contributed by atoms with Crippen LogP contribution in [0, 0.1) is 5.92 Å². The van der Waals surface area contributed by atoms with Crippen molar-refractivity contribution >= 4 is 5.91 Å². The lowest BCUT2D eigenvalue weighted by Crippen LogP contribution is -2.40. The highest BCUT2D eigenvalue weighted by Crippen LogP contribution is 2.27. The van der Waals surface area contributed by atoms with E-state index in [0.717, 1.165) is 30.2 Å². The maximum absolute atomic E-state index is 13.0. The number of carbonyl (C=O) groups excluding carboxylic acids is 1. The van der Waals surface area contributed by atoms with Gasteiger partial charge in [-0.3, -0.25) is 4.79 Å². The fourth-order valence-corrected chi connectivity index (χ4v) is 4.32. The first-order valence-corrected chi connectivity index (χ1v) is 9.90. The summed E-state index contributed by atoms with van der Waals surface area (Å²) in [5.74, 6) is 1.47. The molecule has 1 fully saturated rings. The van der Waals surface area contributed by atoms with E-state index in [1.54, 1.807) is 0 Å². The van der Waals surface area contributed by atoms with E-state index in [-0.39, 0.29) is 11.9 Å². The molecule has 1 aliphatic heterocycles. The Morgan fingerprint density at radius 2 is 2.00 bits per heavy atom. The summed E-state index contributed by atoms with van der Waals surface area (Å²) in [5.41, 5.74) is 2.65. The van der Waals surface area contributed by atoms with Gasteiger partial charge in [-0.15, -0.1) is 0 Å². The molecule has 0 unspecified atom stereocenters. The predicted molar refractivity (Wildman–Crippen MR) is 103 cm³/mol. The molecule has 4 rings (SSSR count). The fraction of sp³-hybridized carbons (Fsp3) is 0.524. The van der Waals surface area contributed by atoms with Crippen molar-refractivity contribution < 1.29 is 4.79 Å². The number of benzene rings is 1. The summed E-state index contributed by atoms with van der Waals surface area (Å²) in [6.07, 6.45) is 6.34. The molecule has 5 heteroatoms. The van der Waals surface area contributed by atoms with Gasteiger partial charge in [0.2, 0.25) is 0 Å². The highest BCUT2D eigenvalue weighted by Gasteiger charge is 2.27. The average molecular weight is 352 g/mol. The minimum Gasteiger partial charge on any atom is -0.348 e.